The lowest BCUT2D eigenvalue weighted by Gasteiger charge is -2.22. The van der Waals surface area contributed by atoms with Crippen molar-refractivity contribution in [3.8, 4) is 0 Å². The number of nitrogens with zero attached hydrogens (tertiary/aromatic N) is 2. The zero-order valence-electron chi connectivity index (χ0n) is 10.2. The maximum Gasteiger partial charge on any atom is 0.0897 e. The summed E-state index contributed by atoms with van der Waals surface area (Å²) >= 11 is 1.79. The maximum atomic E-state index is 4.27. The molecule has 1 fully saturated rings. The van der Waals surface area contributed by atoms with E-state index in [4.69, 9.17) is 0 Å². The van der Waals surface area contributed by atoms with Crippen molar-refractivity contribution in [1.82, 2.24) is 15.2 Å². The predicted octanol–water partition coefficient (Wildman–Crippen LogP) is 2.03. The fourth-order valence-electron chi connectivity index (χ4n) is 2.39. The Morgan fingerprint density at radius 1 is 1.62 bits per heavy atom. The molecule has 1 aliphatic heterocycles. The monoisotopic (exact) mass is 239 g/mol. The van der Waals surface area contributed by atoms with Crippen molar-refractivity contribution < 1.29 is 0 Å². The smallest absolute Gasteiger partial charge is 0.0897 e. The molecule has 0 saturated carbocycles. The van der Waals surface area contributed by atoms with E-state index in [-0.39, 0.29) is 0 Å². The molecule has 0 aromatic carbocycles. The molecule has 0 aliphatic carbocycles. The van der Waals surface area contributed by atoms with Gasteiger partial charge in [-0.1, -0.05) is 6.92 Å². The highest BCUT2D eigenvalue weighted by Gasteiger charge is 2.21. The van der Waals surface area contributed by atoms with Crippen LogP contribution in [0.4, 0.5) is 0 Å². The van der Waals surface area contributed by atoms with E-state index in [0.29, 0.717) is 0 Å². The standard InChI is InChI=1S/C12H21N3S/c1-3-15-6-4-5-11(15)7-13-8-12-9-14-10(2)16-12/h9,11,13H,3-8H2,1-2H3. The van der Waals surface area contributed by atoms with Crippen LogP contribution in [-0.4, -0.2) is 35.6 Å². The SMILES string of the molecule is CCN1CCCC1CNCc1cnc(C)s1. The first-order chi connectivity index (χ1) is 7.79. The van der Waals surface area contributed by atoms with E-state index in [1.807, 2.05) is 6.20 Å². The van der Waals surface area contributed by atoms with Gasteiger partial charge in [-0.05, 0) is 32.9 Å². The largest absolute Gasteiger partial charge is 0.310 e. The Morgan fingerprint density at radius 2 is 2.50 bits per heavy atom. The molecule has 1 unspecified atom stereocenters. The molecule has 1 aromatic heterocycles. The van der Waals surface area contributed by atoms with Crippen molar-refractivity contribution in [3.63, 3.8) is 0 Å². The highest BCUT2D eigenvalue weighted by molar-refractivity contribution is 7.11. The van der Waals surface area contributed by atoms with Gasteiger partial charge in [-0.25, -0.2) is 4.98 Å². The predicted molar refractivity (Wildman–Crippen MR) is 68.8 cm³/mol. The topological polar surface area (TPSA) is 28.2 Å². The molecule has 0 spiro atoms. The first-order valence-corrected chi connectivity index (χ1v) is 6.97. The van der Waals surface area contributed by atoms with Crippen molar-refractivity contribution in [2.45, 2.75) is 39.3 Å². The number of hydrogen-bond acceptors (Lipinski definition) is 4. The number of likely N-dealkylation sites (tertiary alicyclic amines) is 1. The van der Waals surface area contributed by atoms with Crippen LogP contribution in [0, 0.1) is 6.92 Å². The molecule has 0 radical (unpaired) electrons. The molecule has 0 bridgehead atoms. The first-order valence-electron chi connectivity index (χ1n) is 6.15. The Labute approximate surface area is 102 Å². The minimum atomic E-state index is 0.749. The number of aryl methyl sites for hydroxylation is 1. The third-order valence-electron chi connectivity index (χ3n) is 3.25. The second kappa shape index (κ2) is 5.75. The molecule has 4 heteroatoms. The lowest BCUT2D eigenvalue weighted by molar-refractivity contribution is 0.260. The molecule has 2 heterocycles. The molecular formula is C12H21N3S. The average Bonchev–Trinajstić information content (AvgIpc) is 2.87. The maximum absolute atomic E-state index is 4.27. The number of aromatic nitrogens is 1. The summed E-state index contributed by atoms with van der Waals surface area (Å²) in [5.41, 5.74) is 0. The fourth-order valence-corrected chi connectivity index (χ4v) is 3.16. The molecule has 3 nitrogen and oxygen atoms in total. The summed E-state index contributed by atoms with van der Waals surface area (Å²) in [6, 6.07) is 0.749. The number of nitrogens with one attached hydrogen (secondary N) is 1. The second-order valence-corrected chi connectivity index (χ2v) is 5.72. The van der Waals surface area contributed by atoms with Crippen molar-refractivity contribution in [2.24, 2.45) is 0 Å². The molecular weight excluding hydrogens is 218 g/mol. The summed E-state index contributed by atoms with van der Waals surface area (Å²) in [5.74, 6) is 0. The highest BCUT2D eigenvalue weighted by atomic mass is 32.1. The lowest BCUT2D eigenvalue weighted by atomic mass is 10.2. The third-order valence-corrected chi connectivity index (χ3v) is 4.17. The van der Waals surface area contributed by atoms with Gasteiger partial charge in [0.2, 0.25) is 0 Å². The fraction of sp³-hybridized carbons (Fsp3) is 0.750. The van der Waals surface area contributed by atoms with E-state index in [1.54, 1.807) is 11.3 Å². The summed E-state index contributed by atoms with van der Waals surface area (Å²) in [6.45, 7) is 8.87. The number of rotatable bonds is 5. The van der Waals surface area contributed by atoms with E-state index in [9.17, 15) is 0 Å². The molecule has 1 N–H and O–H groups in total. The summed E-state index contributed by atoms with van der Waals surface area (Å²) in [5, 5.41) is 4.71. The molecule has 1 aliphatic rings. The molecule has 1 aromatic rings. The van der Waals surface area contributed by atoms with Gasteiger partial charge in [0.1, 0.15) is 0 Å². The van der Waals surface area contributed by atoms with Crippen molar-refractivity contribution in [3.05, 3.63) is 16.1 Å². The van der Waals surface area contributed by atoms with Crippen LogP contribution in [0.3, 0.4) is 0 Å². The second-order valence-electron chi connectivity index (χ2n) is 4.40. The van der Waals surface area contributed by atoms with Crippen molar-refractivity contribution in [1.29, 1.82) is 0 Å². The van der Waals surface area contributed by atoms with Crippen LogP contribution in [0.1, 0.15) is 29.7 Å². The van der Waals surface area contributed by atoms with Crippen LogP contribution in [0.5, 0.6) is 0 Å². The Bertz CT molecular complexity index is 324. The molecule has 1 saturated heterocycles. The van der Waals surface area contributed by atoms with Gasteiger partial charge in [-0.3, -0.25) is 4.90 Å². The molecule has 1 atom stereocenters. The third kappa shape index (κ3) is 3.03. The molecule has 16 heavy (non-hydrogen) atoms. The van der Waals surface area contributed by atoms with E-state index in [0.717, 1.165) is 24.1 Å². The Kier molecular flexibility index (Phi) is 4.32. The number of likely N-dealkylation sites (N-methyl/N-ethyl adjacent to an activating group) is 1. The van der Waals surface area contributed by atoms with Gasteiger partial charge in [0.15, 0.2) is 0 Å². The van der Waals surface area contributed by atoms with Crippen LogP contribution < -0.4 is 5.32 Å². The Morgan fingerprint density at radius 3 is 3.19 bits per heavy atom. The highest BCUT2D eigenvalue weighted by Crippen LogP contribution is 2.16. The summed E-state index contributed by atoms with van der Waals surface area (Å²) in [4.78, 5) is 8.19. The van der Waals surface area contributed by atoms with Crippen LogP contribution in [0.25, 0.3) is 0 Å². The van der Waals surface area contributed by atoms with E-state index >= 15 is 0 Å². The van der Waals surface area contributed by atoms with Gasteiger partial charge < -0.3 is 5.32 Å². The van der Waals surface area contributed by atoms with Gasteiger partial charge in [0.05, 0.1) is 5.01 Å². The van der Waals surface area contributed by atoms with Gasteiger partial charge >= 0.3 is 0 Å². The van der Waals surface area contributed by atoms with E-state index in [2.05, 4.69) is 29.0 Å². The summed E-state index contributed by atoms with van der Waals surface area (Å²) in [7, 11) is 0. The van der Waals surface area contributed by atoms with Crippen LogP contribution in [0.2, 0.25) is 0 Å². The molecule has 90 valence electrons. The normalized spacial score (nSPS) is 21.8. The van der Waals surface area contributed by atoms with Crippen LogP contribution in [0.15, 0.2) is 6.20 Å². The van der Waals surface area contributed by atoms with Crippen molar-refractivity contribution >= 4 is 11.3 Å². The minimum Gasteiger partial charge on any atom is -0.310 e. The van der Waals surface area contributed by atoms with Gasteiger partial charge in [-0.15, -0.1) is 11.3 Å². The quantitative estimate of drug-likeness (QED) is 0.852. The van der Waals surface area contributed by atoms with Crippen LogP contribution in [-0.2, 0) is 6.54 Å². The van der Waals surface area contributed by atoms with E-state index < -0.39 is 0 Å². The molecule has 2 rings (SSSR count). The van der Waals surface area contributed by atoms with E-state index in [1.165, 1.54) is 30.8 Å². The lowest BCUT2D eigenvalue weighted by Crippen LogP contribution is -2.37. The summed E-state index contributed by atoms with van der Waals surface area (Å²) < 4.78 is 0. The zero-order valence-corrected chi connectivity index (χ0v) is 11.0. The van der Waals surface area contributed by atoms with Crippen molar-refractivity contribution in [2.75, 3.05) is 19.6 Å². The van der Waals surface area contributed by atoms with Gasteiger partial charge in [0, 0.05) is 30.2 Å². The first kappa shape index (κ1) is 12.0. The molecule has 0 amide bonds. The minimum absolute atomic E-state index is 0.749. The summed E-state index contributed by atoms with van der Waals surface area (Å²) in [6.07, 6.45) is 4.70. The number of hydrogen-bond donors (Lipinski definition) is 1. The number of thiazole rings is 1. The van der Waals surface area contributed by atoms with Gasteiger partial charge in [-0.2, -0.15) is 0 Å². The average molecular weight is 239 g/mol. The van der Waals surface area contributed by atoms with Gasteiger partial charge in [0.25, 0.3) is 0 Å². The Hall–Kier alpha value is -0.450. The van der Waals surface area contributed by atoms with Crippen LogP contribution >= 0.6 is 11.3 Å². The Balaban J connectivity index is 1.71. The zero-order chi connectivity index (χ0) is 11.4.